The van der Waals surface area contributed by atoms with Crippen molar-refractivity contribution in [3.63, 3.8) is 0 Å². The van der Waals surface area contributed by atoms with Crippen molar-refractivity contribution >= 4 is 15.7 Å². The van der Waals surface area contributed by atoms with Gasteiger partial charge in [0, 0.05) is 32.7 Å². The Labute approximate surface area is 139 Å². The monoisotopic (exact) mass is 347 g/mol. The minimum absolute atomic E-state index is 0.00222. The van der Waals surface area contributed by atoms with Crippen molar-refractivity contribution in [1.82, 2.24) is 14.7 Å². The predicted molar refractivity (Wildman–Crippen MR) is 89.2 cm³/mol. The second kappa shape index (κ2) is 7.46. The summed E-state index contributed by atoms with van der Waals surface area (Å²) in [5, 5.41) is 0. The quantitative estimate of drug-likeness (QED) is 0.654. The van der Waals surface area contributed by atoms with E-state index >= 15 is 0 Å². The number of likely N-dealkylation sites (N-methyl/N-ethyl adjacent to an activating group) is 2. The van der Waals surface area contributed by atoms with Crippen molar-refractivity contribution in [3.05, 3.63) is 0 Å². The van der Waals surface area contributed by atoms with E-state index in [4.69, 9.17) is 4.74 Å². The molecule has 0 bridgehead atoms. The molecule has 2 heterocycles. The predicted octanol–water partition coefficient (Wildman–Crippen LogP) is -0.717. The summed E-state index contributed by atoms with van der Waals surface area (Å²) in [6.07, 6.45) is 0.648. The molecule has 2 aliphatic heterocycles. The summed E-state index contributed by atoms with van der Waals surface area (Å²) in [6, 6.07) is -0.439. The zero-order chi connectivity index (χ0) is 17.2. The lowest BCUT2D eigenvalue weighted by Gasteiger charge is -2.39. The molecule has 23 heavy (non-hydrogen) atoms. The number of carbonyl (C=O) groups is 1. The van der Waals surface area contributed by atoms with Gasteiger partial charge in [-0.25, -0.2) is 8.42 Å². The standard InChI is InChI=1S/C15H29N3O4S/c1-12(18-6-7-22-14(10-18)9-16(2)3)15(19)17(4)13-5-8-23(20,21)11-13/h12-14H,5-11H2,1-4H3/t12-,13-,14+/m1/s1. The minimum Gasteiger partial charge on any atom is -0.374 e. The zero-order valence-electron chi connectivity index (χ0n) is 14.6. The summed E-state index contributed by atoms with van der Waals surface area (Å²) >= 11 is 0. The van der Waals surface area contributed by atoms with Crippen LogP contribution in [0.5, 0.6) is 0 Å². The van der Waals surface area contributed by atoms with Gasteiger partial charge < -0.3 is 14.5 Å². The molecule has 3 atom stereocenters. The molecule has 0 saturated carbocycles. The van der Waals surface area contributed by atoms with E-state index in [2.05, 4.69) is 9.80 Å². The van der Waals surface area contributed by atoms with Gasteiger partial charge in [0.25, 0.3) is 0 Å². The van der Waals surface area contributed by atoms with E-state index in [0.29, 0.717) is 13.0 Å². The Hall–Kier alpha value is -0.700. The smallest absolute Gasteiger partial charge is 0.239 e. The fraction of sp³-hybridized carbons (Fsp3) is 0.933. The van der Waals surface area contributed by atoms with Crippen LogP contribution in [0.4, 0.5) is 0 Å². The van der Waals surface area contributed by atoms with Crippen LogP contribution in [0.1, 0.15) is 13.3 Å². The number of amides is 1. The molecule has 2 saturated heterocycles. The molecule has 0 radical (unpaired) electrons. The third kappa shape index (κ3) is 4.89. The number of sulfone groups is 1. The highest BCUT2D eigenvalue weighted by Gasteiger charge is 2.36. The van der Waals surface area contributed by atoms with E-state index in [0.717, 1.165) is 19.6 Å². The van der Waals surface area contributed by atoms with E-state index < -0.39 is 9.84 Å². The highest BCUT2D eigenvalue weighted by molar-refractivity contribution is 7.91. The topological polar surface area (TPSA) is 70.2 Å². The van der Waals surface area contributed by atoms with Crippen molar-refractivity contribution in [2.75, 3.05) is 58.9 Å². The fourth-order valence-corrected chi connectivity index (χ4v) is 5.10. The Kier molecular flexibility index (Phi) is 6.05. The first-order valence-corrected chi connectivity index (χ1v) is 9.99. The molecule has 0 aromatic heterocycles. The lowest BCUT2D eigenvalue weighted by atomic mass is 10.1. The molecule has 0 N–H and O–H groups in total. The SMILES string of the molecule is C[C@H](C(=O)N(C)[C@@H]1CCS(=O)(=O)C1)N1CCO[C@@H](CN(C)C)C1. The van der Waals surface area contributed by atoms with Gasteiger partial charge in [0.15, 0.2) is 9.84 Å². The molecule has 0 aromatic rings. The molecule has 0 aromatic carbocycles. The molecule has 8 heteroatoms. The summed E-state index contributed by atoms with van der Waals surface area (Å²) in [7, 11) is 2.75. The zero-order valence-corrected chi connectivity index (χ0v) is 15.4. The third-order valence-corrected chi connectivity index (χ3v) is 6.50. The van der Waals surface area contributed by atoms with Crippen LogP contribution in [0.15, 0.2) is 0 Å². The number of hydrogen-bond acceptors (Lipinski definition) is 6. The Morgan fingerprint density at radius 3 is 2.61 bits per heavy atom. The van der Waals surface area contributed by atoms with Crippen LogP contribution in [0.3, 0.4) is 0 Å². The largest absolute Gasteiger partial charge is 0.374 e. The maximum Gasteiger partial charge on any atom is 0.239 e. The third-order valence-electron chi connectivity index (χ3n) is 4.75. The average molecular weight is 347 g/mol. The van der Waals surface area contributed by atoms with E-state index in [1.807, 2.05) is 21.0 Å². The number of morpholine rings is 1. The van der Waals surface area contributed by atoms with Crippen LogP contribution in [0.25, 0.3) is 0 Å². The summed E-state index contributed by atoms with van der Waals surface area (Å²) in [4.78, 5) is 18.6. The Morgan fingerprint density at radius 1 is 1.35 bits per heavy atom. The summed E-state index contributed by atoms with van der Waals surface area (Å²) in [5.41, 5.74) is 0. The van der Waals surface area contributed by atoms with Gasteiger partial charge in [-0.15, -0.1) is 0 Å². The Morgan fingerprint density at radius 2 is 2.04 bits per heavy atom. The molecular formula is C15H29N3O4S. The second-order valence-electron chi connectivity index (χ2n) is 6.93. The van der Waals surface area contributed by atoms with Crippen molar-refractivity contribution in [2.45, 2.75) is 31.5 Å². The molecule has 134 valence electrons. The van der Waals surface area contributed by atoms with Gasteiger partial charge >= 0.3 is 0 Å². The molecule has 0 unspecified atom stereocenters. The Balaban J connectivity index is 1.93. The summed E-state index contributed by atoms with van der Waals surface area (Å²) < 4.78 is 29.0. The fourth-order valence-electron chi connectivity index (χ4n) is 3.32. The van der Waals surface area contributed by atoms with Crippen LogP contribution >= 0.6 is 0 Å². The number of rotatable bonds is 5. The van der Waals surface area contributed by atoms with Crippen molar-refractivity contribution in [1.29, 1.82) is 0 Å². The molecule has 1 amide bonds. The summed E-state index contributed by atoms with van der Waals surface area (Å²) in [6.45, 7) is 4.81. The average Bonchev–Trinajstić information content (AvgIpc) is 2.84. The van der Waals surface area contributed by atoms with Crippen LogP contribution in [-0.4, -0.2) is 106 Å². The lowest BCUT2D eigenvalue weighted by molar-refractivity contribution is -0.140. The minimum atomic E-state index is -2.98. The van der Waals surface area contributed by atoms with Gasteiger partial charge in [-0.3, -0.25) is 9.69 Å². The first-order chi connectivity index (χ1) is 10.7. The van der Waals surface area contributed by atoms with Crippen LogP contribution in [-0.2, 0) is 19.4 Å². The highest BCUT2D eigenvalue weighted by atomic mass is 32.2. The number of ether oxygens (including phenoxy) is 1. The van der Waals surface area contributed by atoms with Gasteiger partial charge in [-0.2, -0.15) is 0 Å². The molecule has 0 aliphatic carbocycles. The van der Waals surface area contributed by atoms with Crippen LogP contribution in [0.2, 0.25) is 0 Å². The van der Waals surface area contributed by atoms with E-state index in [1.54, 1.807) is 11.9 Å². The van der Waals surface area contributed by atoms with E-state index in [9.17, 15) is 13.2 Å². The van der Waals surface area contributed by atoms with Crippen LogP contribution < -0.4 is 0 Å². The van der Waals surface area contributed by atoms with Gasteiger partial charge in [0.05, 0.1) is 30.3 Å². The lowest BCUT2D eigenvalue weighted by Crippen LogP contribution is -2.55. The van der Waals surface area contributed by atoms with E-state index in [1.165, 1.54) is 0 Å². The van der Waals surface area contributed by atoms with Crippen molar-refractivity contribution in [3.8, 4) is 0 Å². The van der Waals surface area contributed by atoms with Gasteiger partial charge in [-0.1, -0.05) is 0 Å². The first kappa shape index (κ1) is 18.6. The highest BCUT2D eigenvalue weighted by Crippen LogP contribution is 2.19. The molecule has 2 aliphatic rings. The Bertz CT molecular complexity index is 523. The molecule has 7 nitrogen and oxygen atoms in total. The number of hydrogen-bond donors (Lipinski definition) is 0. The van der Waals surface area contributed by atoms with Crippen molar-refractivity contribution in [2.24, 2.45) is 0 Å². The number of nitrogens with zero attached hydrogens (tertiary/aromatic N) is 3. The van der Waals surface area contributed by atoms with Gasteiger partial charge in [0.1, 0.15) is 0 Å². The molecule has 0 spiro atoms. The second-order valence-corrected chi connectivity index (χ2v) is 9.16. The van der Waals surface area contributed by atoms with Crippen molar-refractivity contribution < 1.29 is 17.9 Å². The van der Waals surface area contributed by atoms with Gasteiger partial charge in [0.2, 0.25) is 5.91 Å². The first-order valence-electron chi connectivity index (χ1n) is 8.17. The van der Waals surface area contributed by atoms with E-state index in [-0.39, 0.29) is 35.6 Å². The summed E-state index contributed by atoms with van der Waals surface area (Å²) in [5.74, 6) is 0.276. The molecule has 2 fully saturated rings. The number of carbonyl (C=O) groups excluding carboxylic acids is 1. The molecular weight excluding hydrogens is 318 g/mol. The molecule has 2 rings (SSSR count). The van der Waals surface area contributed by atoms with Gasteiger partial charge in [-0.05, 0) is 27.4 Å². The maximum atomic E-state index is 12.7. The normalized spacial score (nSPS) is 29.6. The van der Waals surface area contributed by atoms with Crippen LogP contribution in [0, 0.1) is 0 Å². The maximum absolute atomic E-state index is 12.7.